The van der Waals surface area contributed by atoms with Gasteiger partial charge in [-0.3, -0.25) is 4.68 Å². The zero-order valence-corrected chi connectivity index (χ0v) is 6.78. The molecule has 0 aliphatic heterocycles. The van der Waals surface area contributed by atoms with Crippen molar-refractivity contribution in [1.29, 1.82) is 0 Å². The molecular weight excluding hydrogens is 142 g/mol. The van der Waals surface area contributed by atoms with Gasteiger partial charge in [0.05, 0.1) is 6.10 Å². The molecule has 1 rings (SSSR count). The molecule has 0 aliphatic carbocycles. The minimum absolute atomic E-state index is 0.336. The Balaban J connectivity index is 2.39. The highest BCUT2D eigenvalue weighted by molar-refractivity contribution is 5.31. The highest BCUT2D eigenvalue weighted by Gasteiger charge is 1.97. The molecule has 4 heteroatoms. The van der Waals surface area contributed by atoms with Crippen LogP contribution in [0, 0.1) is 0 Å². The van der Waals surface area contributed by atoms with Gasteiger partial charge in [-0.2, -0.15) is 5.10 Å². The first-order valence-electron chi connectivity index (χ1n) is 3.60. The number of nitrogens with zero attached hydrogens (tertiary/aromatic N) is 2. The maximum atomic E-state index is 8.92. The molecule has 1 heterocycles. The molecule has 0 aromatic carbocycles. The van der Waals surface area contributed by atoms with Crippen LogP contribution < -0.4 is 5.32 Å². The van der Waals surface area contributed by atoms with Crippen LogP contribution in [-0.2, 0) is 7.05 Å². The number of aromatic nitrogens is 2. The van der Waals surface area contributed by atoms with E-state index in [1.807, 2.05) is 19.3 Å². The smallest absolute Gasteiger partial charge is 0.148 e. The van der Waals surface area contributed by atoms with E-state index in [1.165, 1.54) is 0 Å². The molecule has 0 saturated heterocycles. The fraction of sp³-hybridized carbons (Fsp3) is 0.571. The van der Waals surface area contributed by atoms with Gasteiger partial charge in [0, 0.05) is 25.9 Å². The van der Waals surface area contributed by atoms with Crippen molar-refractivity contribution in [1.82, 2.24) is 9.78 Å². The van der Waals surface area contributed by atoms with E-state index in [2.05, 4.69) is 10.4 Å². The first-order chi connectivity index (χ1) is 5.18. The van der Waals surface area contributed by atoms with Crippen molar-refractivity contribution < 1.29 is 5.11 Å². The number of aliphatic hydroxyl groups excluding tert-OH is 1. The van der Waals surface area contributed by atoms with E-state index >= 15 is 0 Å². The van der Waals surface area contributed by atoms with Crippen molar-refractivity contribution in [2.24, 2.45) is 7.05 Å². The van der Waals surface area contributed by atoms with Crippen LogP contribution >= 0.6 is 0 Å². The summed E-state index contributed by atoms with van der Waals surface area (Å²) < 4.78 is 1.71. The molecule has 62 valence electrons. The third kappa shape index (κ3) is 2.59. The summed E-state index contributed by atoms with van der Waals surface area (Å²) in [6, 6.07) is 1.86. The molecule has 0 saturated carbocycles. The van der Waals surface area contributed by atoms with Gasteiger partial charge >= 0.3 is 0 Å². The summed E-state index contributed by atoms with van der Waals surface area (Å²) in [6.07, 6.45) is 1.52. The largest absolute Gasteiger partial charge is 0.392 e. The van der Waals surface area contributed by atoms with Gasteiger partial charge in [-0.15, -0.1) is 0 Å². The van der Waals surface area contributed by atoms with E-state index in [-0.39, 0.29) is 6.10 Å². The lowest BCUT2D eigenvalue weighted by atomic mass is 10.4. The van der Waals surface area contributed by atoms with Gasteiger partial charge in [0.2, 0.25) is 0 Å². The van der Waals surface area contributed by atoms with Crippen LogP contribution in [0.5, 0.6) is 0 Å². The van der Waals surface area contributed by atoms with Gasteiger partial charge < -0.3 is 10.4 Å². The second-order valence-electron chi connectivity index (χ2n) is 2.60. The maximum Gasteiger partial charge on any atom is 0.148 e. The number of rotatable bonds is 3. The molecule has 0 fully saturated rings. The van der Waals surface area contributed by atoms with Crippen molar-refractivity contribution in [2.75, 3.05) is 11.9 Å². The maximum absolute atomic E-state index is 8.92. The van der Waals surface area contributed by atoms with Crippen LogP contribution in [-0.4, -0.2) is 27.5 Å². The molecule has 0 aliphatic rings. The molecule has 0 radical (unpaired) electrons. The Morgan fingerprint density at radius 2 is 2.55 bits per heavy atom. The van der Waals surface area contributed by atoms with Crippen LogP contribution in [0.4, 0.5) is 5.82 Å². The van der Waals surface area contributed by atoms with Gasteiger partial charge in [0.25, 0.3) is 0 Å². The van der Waals surface area contributed by atoms with Gasteiger partial charge in [-0.25, -0.2) is 0 Å². The molecular formula is C7H13N3O. The number of hydrogen-bond acceptors (Lipinski definition) is 3. The predicted octanol–water partition coefficient (Wildman–Crippen LogP) is 0.213. The Bertz CT molecular complexity index is 219. The molecule has 11 heavy (non-hydrogen) atoms. The number of hydrogen-bond donors (Lipinski definition) is 2. The Kier molecular flexibility index (Phi) is 2.48. The van der Waals surface area contributed by atoms with Crippen molar-refractivity contribution in [2.45, 2.75) is 13.0 Å². The first kappa shape index (κ1) is 8.07. The number of nitrogens with one attached hydrogen (secondary N) is 1. The zero-order valence-electron chi connectivity index (χ0n) is 6.78. The first-order valence-corrected chi connectivity index (χ1v) is 3.60. The standard InChI is InChI=1S/C7H13N3O/c1-6(11)5-8-7-3-4-10(2)9-7/h3-4,6,11H,5H2,1-2H3,(H,8,9). The summed E-state index contributed by atoms with van der Waals surface area (Å²) in [4.78, 5) is 0. The average molecular weight is 155 g/mol. The molecule has 0 bridgehead atoms. The Hall–Kier alpha value is -1.03. The Morgan fingerprint density at radius 3 is 3.00 bits per heavy atom. The monoisotopic (exact) mass is 155 g/mol. The summed E-state index contributed by atoms with van der Waals surface area (Å²) in [5.41, 5.74) is 0. The molecule has 1 atom stereocenters. The Morgan fingerprint density at radius 1 is 1.82 bits per heavy atom. The van der Waals surface area contributed by atoms with Gasteiger partial charge in [0.15, 0.2) is 0 Å². The third-order valence-corrected chi connectivity index (χ3v) is 1.29. The van der Waals surface area contributed by atoms with E-state index in [4.69, 9.17) is 5.11 Å². The summed E-state index contributed by atoms with van der Waals surface area (Å²) in [5.74, 6) is 0.799. The molecule has 1 aromatic heterocycles. The molecule has 1 aromatic rings. The highest BCUT2D eigenvalue weighted by Crippen LogP contribution is 1.99. The van der Waals surface area contributed by atoms with Crippen LogP contribution in [0.15, 0.2) is 12.3 Å². The van der Waals surface area contributed by atoms with E-state index in [9.17, 15) is 0 Å². The quantitative estimate of drug-likeness (QED) is 0.656. The number of aliphatic hydroxyl groups is 1. The second kappa shape index (κ2) is 3.39. The summed E-state index contributed by atoms with van der Waals surface area (Å²) in [6.45, 7) is 2.27. The van der Waals surface area contributed by atoms with Gasteiger partial charge in [0.1, 0.15) is 5.82 Å². The van der Waals surface area contributed by atoms with E-state index in [0.717, 1.165) is 5.82 Å². The van der Waals surface area contributed by atoms with E-state index < -0.39 is 0 Å². The minimum atomic E-state index is -0.336. The van der Waals surface area contributed by atoms with Crippen LogP contribution in [0.1, 0.15) is 6.92 Å². The van der Waals surface area contributed by atoms with Crippen molar-refractivity contribution in [3.63, 3.8) is 0 Å². The number of anilines is 1. The van der Waals surface area contributed by atoms with Crippen LogP contribution in [0.25, 0.3) is 0 Å². The summed E-state index contributed by atoms with van der Waals surface area (Å²) in [5, 5.41) is 16.0. The van der Waals surface area contributed by atoms with Crippen LogP contribution in [0.3, 0.4) is 0 Å². The van der Waals surface area contributed by atoms with Gasteiger partial charge in [-0.05, 0) is 6.92 Å². The topological polar surface area (TPSA) is 50.1 Å². The average Bonchev–Trinajstić information content (AvgIpc) is 2.31. The SMILES string of the molecule is CC(O)CNc1ccn(C)n1. The Labute approximate surface area is 65.8 Å². The molecule has 2 N–H and O–H groups in total. The molecule has 1 unspecified atom stereocenters. The highest BCUT2D eigenvalue weighted by atomic mass is 16.3. The number of aryl methyl sites for hydroxylation is 1. The lowest BCUT2D eigenvalue weighted by Gasteiger charge is -2.03. The fourth-order valence-corrected chi connectivity index (χ4v) is 0.762. The molecule has 0 spiro atoms. The fourth-order valence-electron chi connectivity index (χ4n) is 0.762. The normalized spacial score (nSPS) is 13.0. The molecule has 4 nitrogen and oxygen atoms in total. The lowest BCUT2D eigenvalue weighted by molar-refractivity contribution is 0.208. The van der Waals surface area contributed by atoms with Gasteiger partial charge in [-0.1, -0.05) is 0 Å². The second-order valence-corrected chi connectivity index (χ2v) is 2.60. The van der Waals surface area contributed by atoms with E-state index in [1.54, 1.807) is 11.6 Å². The minimum Gasteiger partial charge on any atom is -0.392 e. The zero-order chi connectivity index (χ0) is 8.27. The van der Waals surface area contributed by atoms with E-state index in [0.29, 0.717) is 6.54 Å². The molecule has 0 amide bonds. The lowest BCUT2D eigenvalue weighted by Crippen LogP contribution is -2.15. The predicted molar refractivity (Wildman–Crippen MR) is 43.4 cm³/mol. The van der Waals surface area contributed by atoms with Crippen LogP contribution in [0.2, 0.25) is 0 Å². The summed E-state index contributed by atoms with van der Waals surface area (Å²) >= 11 is 0. The van der Waals surface area contributed by atoms with Crippen molar-refractivity contribution >= 4 is 5.82 Å². The van der Waals surface area contributed by atoms with Crippen molar-refractivity contribution in [3.05, 3.63) is 12.3 Å². The third-order valence-electron chi connectivity index (χ3n) is 1.29. The summed E-state index contributed by atoms with van der Waals surface area (Å²) in [7, 11) is 1.85. The van der Waals surface area contributed by atoms with Crippen molar-refractivity contribution in [3.8, 4) is 0 Å².